The monoisotopic (exact) mass is 279 g/mol. The van der Waals surface area contributed by atoms with Crippen molar-refractivity contribution in [1.82, 2.24) is 14.8 Å². The van der Waals surface area contributed by atoms with Gasteiger partial charge in [-0.1, -0.05) is 6.92 Å². The van der Waals surface area contributed by atoms with E-state index in [0.717, 1.165) is 29.3 Å². The quantitative estimate of drug-likeness (QED) is 0.855. The predicted molar refractivity (Wildman–Crippen MR) is 75.4 cm³/mol. The van der Waals surface area contributed by atoms with E-state index in [-0.39, 0.29) is 0 Å². The van der Waals surface area contributed by atoms with Crippen LogP contribution in [0.2, 0.25) is 0 Å². The molecule has 1 aromatic heterocycles. The standard InChI is InChI=1S/C13H17N3O2S/c1-4-12-14-15-13(19)16(12)8-9-5-6-10(17-2)7-11(9)18-3/h5-7H,4,8H2,1-3H3,(H,15,19). The average molecular weight is 279 g/mol. The lowest BCUT2D eigenvalue weighted by Gasteiger charge is -2.11. The molecule has 0 aliphatic rings. The van der Waals surface area contributed by atoms with Crippen LogP contribution in [0.1, 0.15) is 18.3 Å². The van der Waals surface area contributed by atoms with Crippen molar-refractivity contribution >= 4 is 12.2 Å². The van der Waals surface area contributed by atoms with E-state index in [9.17, 15) is 0 Å². The molecule has 1 heterocycles. The first-order chi connectivity index (χ1) is 9.19. The first-order valence-electron chi connectivity index (χ1n) is 6.04. The molecule has 0 radical (unpaired) electrons. The van der Waals surface area contributed by atoms with E-state index in [0.29, 0.717) is 11.3 Å². The lowest BCUT2D eigenvalue weighted by molar-refractivity contribution is 0.390. The van der Waals surface area contributed by atoms with Crippen LogP contribution < -0.4 is 9.47 Å². The SMILES string of the molecule is CCc1n[nH]c(=S)n1Cc1ccc(OC)cc1OC. The number of aromatic nitrogens is 3. The molecule has 6 heteroatoms. The second kappa shape index (κ2) is 5.88. The van der Waals surface area contributed by atoms with Gasteiger partial charge in [-0.2, -0.15) is 5.10 Å². The lowest BCUT2D eigenvalue weighted by atomic mass is 10.2. The Hall–Kier alpha value is -1.82. The Labute approximate surface area is 117 Å². The van der Waals surface area contributed by atoms with Crippen molar-refractivity contribution in [2.45, 2.75) is 19.9 Å². The number of benzene rings is 1. The summed E-state index contributed by atoms with van der Waals surface area (Å²) in [6.07, 6.45) is 0.825. The van der Waals surface area contributed by atoms with Gasteiger partial charge < -0.3 is 9.47 Å². The number of nitrogens with zero attached hydrogens (tertiary/aromatic N) is 2. The molecule has 0 unspecified atom stereocenters. The van der Waals surface area contributed by atoms with E-state index in [1.807, 2.05) is 29.7 Å². The number of hydrogen-bond donors (Lipinski definition) is 1. The third-order valence-corrected chi connectivity index (χ3v) is 3.29. The van der Waals surface area contributed by atoms with Crippen molar-refractivity contribution in [3.63, 3.8) is 0 Å². The van der Waals surface area contributed by atoms with E-state index in [1.54, 1.807) is 14.2 Å². The fraction of sp³-hybridized carbons (Fsp3) is 0.385. The highest BCUT2D eigenvalue weighted by atomic mass is 32.1. The van der Waals surface area contributed by atoms with Crippen LogP contribution in [0, 0.1) is 4.77 Å². The molecule has 0 fully saturated rings. The molecular weight excluding hydrogens is 262 g/mol. The largest absolute Gasteiger partial charge is 0.497 e. The molecular formula is C13H17N3O2S. The molecule has 0 aliphatic heterocycles. The molecule has 0 bridgehead atoms. The van der Waals surface area contributed by atoms with Crippen molar-refractivity contribution in [2.75, 3.05) is 14.2 Å². The summed E-state index contributed by atoms with van der Waals surface area (Å²) in [7, 11) is 3.28. The summed E-state index contributed by atoms with van der Waals surface area (Å²) in [6, 6.07) is 5.75. The fourth-order valence-electron chi connectivity index (χ4n) is 1.94. The van der Waals surface area contributed by atoms with Gasteiger partial charge in [0.25, 0.3) is 0 Å². The molecule has 0 atom stereocenters. The number of rotatable bonds is 5. The van der Waals surface area contributed by atoms with E-state index in [4.69, 9.17) is 21.7 Å². The zero-order valence-corrected chi connectivity index (χ0v) is 12.1. The lowest BCUT2D eigenvalue weighted by Crippen LogP contribution is -2.06. The second-order valence-electron chi connectivity index (χ2n) is 4.06. The molecule has 0 aliphatic carbocycles. The zero-order valence-electron chi connectivity index (χ0n) is 11.3. The first-order valence-corrected chi connectivity index (χ1v) is 6.45. The second-order valence-corrected chi connectivity index (χ2v) is 4.45. The van der Waals surface area contributed by atoms with Crippen LogP contribution in [0.25, 0.3) is 0 Å². The summed E-state index contributed by atoms with van der Waals surface area (Å²) in [5.74, 6) is 2.49. The summed E-state index contributed by atoms with van der Waals surface area (Å²) in [5.41, 5.74) is 1.04. The summed E-state index contributed by atoms with van der Waals surface area (Å²) >= 11 is 5.25. The van der Waals surface area contributed by atoms with Crippen molar-refractivity contribution in [2.24, 2.45) is 0 Å². The highest BCUT2D eigenvalue weighted by molar-refractivity contribution is 7.71. The van der Waals surface area contributed by atoms with Gasteiger partial charge in [0.05, 0.1) is 20.8 Å². The summed E-state index contributed by atoms with van der Waals surface area (Å²) in [6.45, 7) is 2.68. The molecule has 0 amide bonds. The maximum atomic E-state index is 5.39. The molecule has 19 heavy (non-hydrogen) atoms. The van der Waals surface area contributed by atoms with Crippen LogP contribution in [0.4, 0.5) is 0 Å². The number of nitrogens with one attached hydrogen (secondary N) is 1. The smallest absolute Gasteiger partial charge is 0.195 e. The Morgan fingerprint density at radius 2 is 2.11 bits per heavy atom. The Balaban J connectivity index is 2.37. The minimum atomic E-state index is 0.620. The molecule has 1 N–H and O–H groups in total. The Morgan fingerprint density at radius 3 is 2.74 bits per heavy atom. The zero-order chi connectivity index (χ0) is 13.8. The van der Waals surface area contributed by atoms with Gasteiger partial charge in [-0.15, -0.1) is 0 Å². The molecule has 2 aromatic rings. The molecule has 0 spiro atoms. The van der Waals surface area contributed by atoms with Crippen molar-refractivity contribution in [3.8, 4) is 11.5 Å². The third kappa shape index (κ3) is 2.78. The molecule has 1 aromatic carbocycles. The minimum absolute atomic E-state index is 0.620. The number of hydrogen-bond acceptors (Lipinski definition) is 4. The van der Waals surface area contributed by atoms with Crippen molar-refractivity contribution in [1.29, 1.82) is 0 Å². The summed E-state index contributed by atoms with van der Waals surface area (Å²) < 4.78 is 13.2. The number of ether oxygens (including phenoxy) is 2. The van der Waals surface area contributed by atoms with Gasteiger partial charge in [0.2, 0.25) is 0 Å². The Kier molecular flexibility index (Phi) is 4.21. The minimum Gasteiger partial charge on any atom is -0.497 e. The van der Waals surface area contributed by atoms with E-state index >= 15 is 0 Å². The van der Waals surface area contributed by atoms with Crippen LogP contribution in [0.5, 0.6) is 11.5 Å². The van der Waals surface area contributed by atoms with Crippen LogP contribution in [-0.4, -0.2) is 29.0 Å². The van der Waals surface area contributed by atoms with Crippen LogP contribution in [0.3, 0.4) is 0 Å². The van der Waals surface area contributed by atoms with Crippen molar-refractivity contribution in [3.05, 3.63) is 34.4 Å². The third-order valence-electron chi connectivity index (χ3n) is 2.98. The molecule has 2 rings (SSSR count). The van der Waals surface area contributed by atoms with Gasteiger partial charge in [-0.3, -0.25) is 9.67 Å². The number of aromatic amines is 1. The summed E-state index contributed by atoms with van der Waals surface area (Å²) in [4.78, 5) is 0. The maximum Gasteiger partial charge on any atom is 0.195 e. The topological polar surface area (TPSA) is 52.1 Å². The highest BCUT2D eigenvalue weighted by Gasteiger charge is 2.09. The molecule has 5 nitrogen and oxygen atoms in total. The molecule has 0 saturated heterocycles. The Morgan fingerprint density at radius 1 is 1.32 bits per heavy atom. The van der Waals surface area contributed by atoms with E-state index in [2.05, 4.69) is 10.2 Å². The first kappa shape index (κ1) is 13.6. The van der Waals surface area contributed by atoms with Gasteiger partial charge in [0.1, 0.15) is 17.3 Å². The van der Waals surface area contributed by atoms with Gasteiger partial charge in [-0.05, 0) is 24.4 Å². The van der Waals surface area contributed by atoms with Gasteiger partial charge in [-0.25, -0.2) is 0 Å². The van der Waals surface area contributed by atoms with Crippen LogP contribution >= 0.6 is 12.2 Å². The van der Waals surface area contributed by atoms with E-state index in [1.165, 1.54) is 0 Å². The highest BCUT2D eigenvalue weighted by Crippen LogP contribution is 2.25. The van der Waals surface area contributed by atoms with Gasteiger partial charge in [0.15, 0.2) is 4.77 Å². The average Bonchev–Trinajstić information content (AvgIpc) is 2.80. The normalized spacial score (nSPS) is 10.5. The van der Waals surface area contributed by atoms with Gasteiger partial charge >= 0.3 is 0 Å². The predicted octanol–water partition coefficient (Wildman–Crippen LogP) is 2.57. The van der Waals surface area contributed by atoms with Crippen molar-refractivity contribution < 1.29 is 9.47 Å². The molecule has 102 valence electrons. The maximum absolute atomic E-state index is 5.39. The number of methoxy groups -OCH3 is 2. The van der Waals surface area contributed by atoms with Crippen LogP contribution in [0.15, 0.2) is 18.2 Å². The fourth-order valence-corrected chi connectivity index (χ4v) is 2.15. The van der Waals surface area contributed by atoms with Crippen LogP contribution in [-0.2, 0) is 13.0 Å². The molecule has 0 saturated carbocycles. The number of aryl methyl sites for hydroxylation is 1. The number of H-pyrrole nitrogens is 1. The van der Waals surface area contributed by atoms with Gasteiger partial charge in [0, 0.05) is 18.1 Å². The van der Waals surface area contributed by atoms with E-state index < -0.39 is 0 Å². The summed E-state index contributed by atoms with van der Waals surface area (Å²) in [5, 5.41) is 7.02. The Bertz CT molecular complexity index is 619.